The molecule has 7 heteroatoms. The number of hydrogen-bond donors (Lipinski definition) is 0. The summed E-state index contributed by atoms with van der Waals surface area (Å²) in [5.74, 6) is 0.468. The lowest BCUT2D eigenvalue weighted by atomic mass is 10.1. The second-order valence-electron chi connectivity index (χ2n) is 4.72. The van der Waals surface area contributed by atoms with Gasteiger partial charge in [0.1, 0.15) is 11.1 Å². The van der Waals surface area contributed by atoms with Crippen LogP contribution in [-0.2, 0) is 0 Å². The van der Waals surface area contributed by atoms with Gasteiger partial charge in [0.15, 0.2) is 5.69 Å². The van der Waals surface area contributed by atoms with Gasteiger partial charge in [0, 0.05) is 5.56 Å². The first-order valence-corrected chi connectivity index (χ1v) is 7.29. The maximum absolute atomic E-state index is 8.69. The maximum atomic E-state index is 8.69. The second-order valence-corrected chi connectivity index (χ2v) is 5.69. The Morgan fingerprint density at radius 1 is 1.00 bits per heavy atom. The molecule has 0 unspecified atom stereocenters. The third-order valence-corrected chi connectivity index (χ3v) is 3.59. The number of nitrogens with zero attached hydrogens (tertiary/aromatic N) is 5. The Hall–Kier alpha value is -2.72. The summed E-state index contributed by atoms with van der Waals surface area (Å²) < 4.78 is 5.65. The summed E-state index contributed by atoms with van der Waals surface area (Å²) in [5, 5.41) is 25.4. The molecular formula is C15H11N5OS. The topological polar surface area (TPSA) is 88.5 Å². The molecule has 2 aromatic heterocycles. The largest absolute Gasteiger partial charge is 0.411 e. The van der Waals surface area contributed by atoms with Gasteiger partial charge in [-0.05, 0) is 49.9 Å². The summed E-state index contributed by atoms with van der Waals surface area (Å²) in [6, 6.07) is 11.3. The Kier molecular flexibility index (Phi) is 3.85. The molecule has 0 saturated carbocycles. The molecule has 22 heavy (non-hydrogen) atoms. The Morgan fingerprint density at radius 3 is 2.41 bits per heavy atom. The summed E-state index contributed by atoms with van der Waals surface area (Å²) in [4.78, 5) is 0. The van der Waals surface area contributed by atoms with Crippen LogP contribution in [0.1, 0.15) is 16.8 Å². The minimum absolute atomic E-state index is 0.269. The Morgan fingerprint density at radius 2 is 1.77 bits per heavy atom. The molecule has 0 fully saturated rings. The smallest absolute Gasteiger partial charge is 0.283 e. The van der Waals surface area contributed by atoms with Gasteiger partial charge in [0.05, 0.1) is 0 Å². The molecule has 0 radical (unpaired) electrons. The van der Waals surface area contributed by atoms with Crippen LogP contribution in [0.25, 0.3) is 11.5 Å². The fraction of sp³-hybridized carbons (Fsp3) is 0.133. The fourth-order valence-corrected chi connectivity index (χ4v) is 2.59. The maximum Gasteiger partial charge on any atom is 0.283 e. The normalized spacial score (nSPS) is 10.4. The van der Waals surface area contributed by atoms with Gasteiger partial charge in [-0.1, -0.05) is 17.2 Å². The van der Waals surface area contributed by atoms with Crippen molar-refractivity contribution in [1.29, 1.82) is 5.26 Å². The van der Waals surface area contributed by atoms with E-state index in [1.807, 2.05) is 32.0 Å². The van der Waals surface area contributed by atoms with Gasteiger partial charge in [-0.2, -0.15) is 5.26 Å². The standard InChI is InChI=1S/C15H11N5OS/c1-9-5-10(2)7-11(6-9)14-19-20-15(21-14)22-13-4-3-12(8-16)17-18-13/h3-7H,1-2H3. The molecule has 0 bridgehead atoms. The van der Waals surface area contributed by atoms with E-state index in [0.717, 1.165) is 16.7 Å². The van der Waals surface area contributed by atoms with E-state index in [2.05, 4.69) is 26.5 Å². The van der Waals surface area contributed by atoms with Crippen molar-refractivity contribution in [3.05, 3.63) is 47.2 Å². The van der Waals surface area contributed by atoms with E-state index >= 15 is 0 Å². The minimum Gasteiger partial charge on any atom is -0.411 e. The zero-order valence-electron chi connectivity index (χ0n) is 11.9. The summed E-state index contributed by atoms with van der Waals surface area (Å²) in [6.45, 7) is 4.05. The molecule has 6 nitrogen and oxygen atoms in total. The minimum atomic E-state index is 0.269. The van der Waals surface area contributed by atoms with Gasteiger partial charge in [-0.25, -0.2) is 0 Å². The fourth-order valence-electron chi connectivity index (χ4n) is 1.99. The summed E-state index contributed by atoms with van der Waals surface area (Å²) in [7, 11) is 0. The van der Waals surface area contributed by atoms with E-state index in [1.165, 1.54) is 11.8 Å². The molecule has 0 atom stereocenters. The molecule has 108 valence electrons. The van der Waals surface area contributed by atoms with Crippen LogP contribution in [0.15, 0.2) is 45.0 Å². The van der Waals surface area contributed by atoms with Crippen molar-refractivity contribution >= 4 is 11.8 Å². The Balaban J connectivity index is 1.82. The van der Waals surface area contributed by atoms with Gasteiger partial charge in [0.25, 0.3) is 5.22 Å². The number of benzene rings is 1. The van der Waals surface area contributed by atoms with E-state index in [9.17, 15) is 0 Å². The van der Waals surface area contributed by atoms with Crippen LogP contribution >= 0.6 is 11.8 Å². The molecule has 0 aliphatic carbocycles. The number of nitriles is 1. The molecule has 3 rings (SSSR count). The molecule has 0 aliphatic rings. The van der Waals surface area contributed by atoms with Gasteiger partial charge in [0.2, 0.25) is 5.89 Å². The molecule has 0 spiro atoms. The molecule has 0 N–H and O–H groups in total. The predicted molar refractivity (Wildman–Crippen MR) is 80.1 cm³/mol. The monoisotopic (exact) mass is 309 g/mol. The van der Waals surface area contributed by atoms with Gasteiger partial charge in [-0.3, -0.25) is 0 Å². The van der Waals surface area contributed by atoms with Crippen molar-refractivity contribution in [1.82, 2.24) is 20.4 Å². The van der Waals surface area contributed by atoms with E-state index in [-0.39, 0.29) is 5.69 Å². The number of aromatic nitrogens is 4. The van der Waals surface area contributed by atoms with Crippen LogP contribution in [0, 0.1) is 25.2 Å². The molecule has 0 amide bonds. The molecular weight excluding hydrogens is 298 g/mol. The highest BCUT2D eigenvalue weighted by atomic mass is 32.2. The molecule has 0 saturated heterocycles. The van der Waals surface area contributed by atoms with Crippen molar-refractivity contribution < 1.29 is 4.42 Å². The quantitative estimate of drug-likeness (QED) is 0.734. The molecule has 2 heterocycles. The summed E-state index contributed by atoms with van der Waals surface area (Å²) in [6.07, 6.45) is 0. The highest BCUT2D eigenvalue weighted by molar-refractivity contribution is 7.99. The van der Waals surface area contributed by atoms with E-state index in [4.69, 9.17) is 9.68 Å². The highest BCUT2D eigenvalue weighted by Crippen LogP contribution is 2.28. The summed E-state index contributed by atoms with van der Waals surface area (Å²) in [5.41, 5.74) is 3.44. The van der Waals surface area contributed by atoms with Crippen LogP contribution in [0.2, 0.25) is 0 Å². The van der Waals surface area contributed by atoms with E-state index in [0.29, 0.717) is 16.1 Å². The molecule has 1 aromatic carbocycles. The highest BCUT2D eigenvalue weighted by Gasteiger charge is 2.11. The van der Waals surface area contributed by atoms with E-state index in [1.54, 1.807) is 12.1 Å². The molecule has 0 aliphatic heterocycles. The molecule has 3 aromatic rings. The number of aryl methyl sites for hydroxylation is 2. The average molecular weight is 309 g/mol. The third kappa shape index (κ3) is 3.13. The SMILES string of the molecule is Cc1cc(C)cc(-c2nnc(Sc3ccc(C#N)nn3)o2)c1. The number of rotatable bonds is 3. The summed E-state index contributed by atoms with van der Waals surface area (Å²) >= 11 is 1.21. The van der Waals surface area contributed by atoms with Crippen LogP contribution in [0.4, 0.5) is 0 Å². The first-order valence-electron chi connectivity index (χ1n) is 6.48. The third-order valence-electron chi connectivity index (χ3n) is 2.82. The Bertz CT molecular complexity index is 831. The van der Waals surface area contributed by atoms with Crippen LogP contribution in [-0.4, -0.2) is 20.4 Å². The lowest BCUT2D eigenvalue weighted by molar-refractivity contribution is 0.465. The first kappa shape index (κ1) is 14.2. The second kappa shape index (κ2) is 5.95. The van der Waals surface area contributed by atoms with Crippen molar-refractivity contribution in [2.24, 2.45) is 0 Å². The van der Waals surface area contributed by atoms with Crippen LogP contribution in [0.3, 0.4) is 0 Å². The van der Waals surface area contributed by atoms with E-state index < -0.39 is 0 Å². The van der Waals surface area contributed by atoms with Gasteiger partial charge < -0.3 is 4.42 Å². The van der Waals surface area contributed by atoms with Crippen molar-refractivity contribution in [3.63, 3.8) is 0 Å². The average Bonchev–Trinajstić information content (AvgIpc) is 2.96. The van der Waals surface area contributed by atoms with Crippen LogP contribution in [0.5, 0.6) is 0 Å². The zero-order valence-corrected chi connectivity index (χ0v) is 12.8. The first-order chi connectivity index (χ1) is 10.6. The lowest BCUT2D eigenvalue weighted by Gasteiger charge is -2.00. The zero-order chi connectivity index (χ0) is 15.5. The van der Waals surface area contributed by atoms with Crippen LogP contribution < -0.4 is 0 Å². The lowest BCUT2D eigenvalue weighted by Crippen LogP contribution is -1.88. The van der Waals surface area contributed by atoms with Gasteiger partial charge >= 0.3 is 0 Å². The Labute approximate surface area is 131 Å². The predicted octanol–water partition coefficient (Wildman–Crippen LogP) is 3.17. The van der Waals surface area contributed by atoms with Crippen molar-refractivity contribution in [2.45, 2.75) is 24.1 Å². The van der Waals surface area contributed by atoms with Crippen molar-refractivity contribution in [2.75, 3.05) is 0 Å². The van der Waals surface area contributed by atoms with Gasteiger partial charge in [-0.15, -0.1) is 20.4 Å². The van der Waals surface area contributed by atoms with Crippen molar-refractivity contribution in [3.8, 4) is 17.5 Å². The number of hydrogen-bond acceptors (Lipinski definition) is 7.